The summed E-state index contributed by atoms with van der Waals surface area (Å²) >= 11 is 0. The zero-order valence-corrected chi connectivity index (χ0v) is 11.0. The molecule has 0 aliphatic carbocycles. The van der Waals surface area contributed by atoms with E-state index < -0.39 is 0 Å². The number of amides is 1. The Morgan fingerprint density at radius 1 is 1.33 bits per heavy atom. The highest BCUT2D eigenvalue weighted by Gasteiger charge is 2.24. The molecule has 1 unspecified atom stereocenters. The molecule has 2 rings (SSSR count). The van der Waals surface area contributed by atoms with E-state index in [9.17, 15) is 4.79 Å². The number of nitrogens with two attached hydrogens (primary N) is 1. The molecule has 1 atom stereocenters. The van der Waals surface area contributed by atoms with Gasteiger partial charge >= 0.3 is 0 Å². The van der Waals surface area contributed by atoms with Gasteiger partial charge in [-0.25, -0.2) is 0 Å². The molecule has 0 saturated carbocycles. The van der Waals surface area contributed by atoms with Crippen molar-refractivity contribution < 1.29 is 4.79 Å². The summed E-state index contributed by atoms with van der Waals surface area (Å²) in [6.45, 7) is 6.52. The van der Waals surface area contributed by atoms with Crippen molar-refractivity contribution in [1.29, 1.82) is 0 Å². The second kappa shape index (κ2) is 5.50. The summed E-state index contributed by atoms with van der Waals surface area (Å²) in [6.07, 6.45) is 0. The summed E-state index contributed by atoms with van der Waals surface area (Å²) in [6, 6.07) is 8.38. The second-order valence-electron chi connectivity index (χ2n) is 5.21. The Morgan fingerprint density at radius 2 is 1.89 bits per heavy atom. The molecule has 1 aliphatic heterocycles. The van der Waals surface area contributed by atoms with Crippen molar-refractivity contribution in [2.45, 2.75) is 39.0 Å². The number of hydrogen-bond acceptors (Lipinski definition) is 3. The lowest BCUT2D eigenvalue weighted by molar-refractivity contribution is -0.120. The maximum absolute atomic E-state index is 11.4. The molecule has 4 heteroatoms. The number of rotatable bonds is 5. The molecule has 0 saturated heterocycles. The van der Waals surface area contributed by atoms with Crippen LogP contribution in [0.3, 0.4) is 0 Å². The Hall–Kier alpha value is -1.39. The average Bonchev–Trinajstić information content (AvgIpc) is 2.69. The van der Waals surface area contributed by atoms with E-state index in [4.69, 9.17) is 5.73 Å². The highest BCUT2D eigenvalue weighted by molar-refractivity contribution is 5.80. The highest BCUT2D eigenvalue weighted by Crippen LogP contribution is 2.22. The SMILES string of the molecule is CC(C)NC(CN1Cc2ccccc2C1)C(N)=O. The van der Waals surface area contributed by atoms with Gasteiger partial charge in [0, 0.05) is 25.7 Å². The van der Waals surface area contributed by atoms with Gasteiger partial charge in [-0.15, -0.1) is 0 Å². The first-order valence-electron chi connectivity index (χ1n) is 6.40. The summed E-state index contributed by atoms with van der Waals surface area (Å²) in [5.74, 6) is -0.278. The van der Waals surface area contributed by atoms with Crippen molar-refractivity contribution in [1.82, 2.24) is 10.2 Å². The highest BCUT2D eigenvalue weighted by atomic mass is 16.1. The van der Waals surface area contributed by atoms with Gasteiger partial charge in [-0.2, -0.15) is 0 Å². The van der Waals surface area contributed by atoms with Gasteiger partial charge < -0.3 is 11.1 Å². The van der Waals surface area contributed by atoms with E-state index in [-0.39, 0.29) is 18.0 Å². The van der Waals surface area contributed by atoms with Gasteiger partial charge in [-0.05, 0) is 11.1 Å². The largest absolute Gasteiger partial charge is 0.368 e. The fraction of sp³-hybridized carbons (Fsp3) is 0.500. The number of fused-ring (bicyclic) bond motifs is 1. The lowest BCUT2D eigenvalue weighted by Gasteiger charge is -2.23. The van der Waals surface area contributed by atoms with Crippen LogP contribution in [0.4, 0.5) is 0 Å². The van der Waals surface area contributed by atoms with Crippen molar-refractivity contribution in [3.63, 3.8) is 0 Å². The molecule has 98 valence electrons. The molecule has 0 spiro atoms. The number of hydrogen-bond donors (Lipinski definition) is 2. The minimum absolute atomic E-state index is 0.257. The van der Waals surface area contributed by atoms with Gasteiger partial charge in [0.05, 0.1) is 6.04 Å². The zero-order chi connectivity index (χ0) is 13.1. The number of benzene rings is 1. The molecule has 1 aliphatic rings. The first-order valence-corrected chi connectivity index (χ1v) is 6.40. The van der Waals surface area contributed by atoms with Crippen LogP contribution in [-0.4, -0.2) is 29.4 Å². The van der Waals surface area contributed by atoms with Crippen molar-refractivity contribution in [2.24, 2.45) is 5.73 Å². The molecule has 1 heterocycles. The maximum Gasteiger partial charge on any atom is 0.235 e. The van der Waals surface area contributed by atoms with Gasteiger partial charge in [0.15, 0.2) is 0 Å². The molecule has 0 bridgehead atoms. The van der Waals surface area contributed by atoms with Gasteiger partial charge in [0.1, 0.15) is 0 Å². The quantitative estimate of drug-likeness (QED) is 0.811. The maximum atomic E-state index is 11.4. The lowest BCUT2D eigenvalue weighted by atomic mass is 10.1. The van der Waals surface area contributed by atoms with Crippen molar-refractivity contribution in [3.8, 4) is 0 Å². The van der Waals surface area contributed by atoms with Crippen LogP contribution in [0.2, 0.25) is 0 Å². The van der Waals surface area contributed by atoms with Crippen LogP contribution in [0.5, 0.6) is 0 Å². The van der Waals surface area contributed by atoms with Gasteiger partial charge in [0.25, 0.3) is 0 Å². The molecule has 4 nitrogen and oxygen atoms in total. The number of nitrogens with zero attached hydrogens (tertiary/aromatic N) is 1. The Kier molecular flexibility index (Phi) is 3.99. The molecule has 0 fully saturated rings. The van der Waals surface area contributed by atoms with Crippen LogP contribution < -0.4 is 11.1 Å². The van der Waals surface area contributed by atoms with Gasteiger partial charge in [0.2, 0.25) is 5.91 Å². The smallest absolute Gasteiger partial charge is 0.235 e. The fourth-order valence-corrected chi connectivity index (χ4v) is 2.42. The van der Waals surface area contributed by atoms with Crippen LogP contribution >= 0.6 is 0 Å². The molecule has 3 N–H and O–H groups in total. The summed E-state index contributed by atoms with van der Waals surface area (Å²) in [7, 11) is 0. The third-order valence-corrected chi connectivity index (χ3v) is 3.23. The first kappa shape index (κ1) is 13.1. The Bertz CT molecular complexity index is 406. The van der Waals surface area contributed by atoms with Crippen LogP contribution in [-0.2, 0) is 17.9 Å². The van der Waals surface area contributed by atoms with E-state index in [1.54, 1.807) is 0 Å². The van der Waals surface area contributed by atoms with E-state index in [1.165, 1.54) is 11.1 Å². The van der Waals surface area contributed by atoms with Crippen LogP contribution in [0.15, 0.2) is 24.3 Å². The van der Waals surface area contributed by atoms with Crippen molar-refractivity contribution in [2.75, 3.05) is 6.54 Å². The van der Waals surface area contributed by atoms with Crippen LogP contribution in [0.1, 0.15) is 25.0 Å². The van der Waals surface area contributed by atoms with E-state index in [1.807, 2.05) is 13.8 Å². The van der Waals surface area contributed by atoms with Crippen LogP contribution in [0.25, 0.3) is 0 Å². The van der Waals surface area contributed by atoms with E-state index in [0.29, 0.717) is 6.54 Å². The van der Waals surface area contributed by atoms with Gasteiger partial charge in [-0.1, -0.05) is 38.1 Å². The summed E-state index contributed by atoms with van der Waals surface area (Å²) in [4.78, 5) is 13.7. The molecule has 0 aromatic heterocycles. The normalized spacial score (nSPS) is 16.8. The molecule has 1 amide bonds. The predicted octanol–water partition coefficient (Wildman–Crippen LogP) is 0.854. The molecule has 1 aromatic rings. The number of nitrogens with one attached hydrogen (secondary N) is 1. The number of carbonyl (C=O) groups excluding carboxylic acids is 1. The Morgan fingerprint density at radius 3 is 2.33 bits per heavy atom. The molecule has 18 heavy (non-hydrogen) atoms. The molecular formula is C14H21N3O. The van der Waals surface area contributed by atoms with E-state index >= 15 is 0 Å². The van der Waals surface area contributed by atoms with Crippen LogP contribution in [0, 0.1) is 0 Å². The van der Waals surface area contributed by atoms with Crippen molar-refractivity contribution >= 4 is 5.91 Å². The monoisotopic (exact) mass is 247 g/mol. The zero-order valence-electron chi connectivity index (χ0n) is 11.0. The van der Waals surface area contributed by atoms with Gasteiger partial charge in [-0.3, -0.25) is 9.69 Å². The van der Waals surface area contributed by atoms with E-state index in [2.05, 4.69) is 34.5 Å². The standard InChI is InChI=1S/C14H21N3O/c1-10(2)16-13(14(15)18)9-17-7-11-5-3-4-6-12(11)8-17/h3-6,10,13,16H,7-9H2,1-2H3,(H2,15,18). The second-order valence-corrected chi connectivity index (χ2v) is 5.21. The Balaban J connectivity index is 1.97. The fourth-order valence-electron chi connectivity index (χ4n) is 2.42. The number of carbonyl (C=O) groups is 1. The molecule has 0 radical (unpaired) electrons. The average molecular weight is 247 g/mol. The summed E-state index contributed by atoms with van der Waals surface area (Å²) in [5, 5.41) is 3.22. The molecular weight excluding hydrogens is 226 g/mol. The lowest BCUT2D eigenvalue weighted by Crippen LogP contribution is -2.50. The van der Waals surface area contributed by atoms with E-state index in [0.717, 1.165) is 13.1 Å². The van der Waals surface area contributed by atoms with Crippen molar-refractivity contribution in [3.05, 3.63) is 35.4 Å². The minimum Gasteiger partial charge on any atom is -0.368 e. The summed E-state index contributed by atoms with van der Waals surface area (Å²) < 4.78 is 0. The third-order valence-electron chi connectivity index (χ3n) is 3.23. The minimum atomic E-state index is -0.278. The Labute approximate surface area is 108 Å². The topological polar surface area (TPSA) is 58.4 Å². The first-order chi connectivity index (χ1) is 8.56. The number of primary amides is 1. The predicted molar refractivity (Wildman–Crippen MR) is 71.8 cm³/mol. The third kappa shape index (κ3) is 3.09. The summed E-state index contributed by atoms with van der Waals surface area (Å²) in [5.41, 5.74) is 8.14. The molecule has 1 aromatic carbocycles.